The van der Waals surface area contributed by atoms with E-state index in [-0.39, 0.29) is 35.3 Å². The molecule has 0 aliphatic heterocycles. The summed E-state index contributed by atoms with van der Waals surface area (Å²) in [5.74, 6) is -1.94. The van der Waals surface area contributed by atoms with Gasteiger partial charge in [-0.2, -0.15) is 5.10 Å². The number of H-pyrrole nitrogens is 1. The molecule has 0 radical (unpaired) electrons. The van der Waals surface area contributed by atoms with Gasteiger partial charge in [-0.15, -0.1) is 11.6 Å². The van der Waals surface area contributed by atoms with E-state index in [0.717, 1.165) is 0 Å². The smallest absolute Gasteiger partial charge is 0.272 e. The molecule has 0 bridgehead atoms. The second-order valence-corrected chi connectivity index (χ2v) is 8.61. The number of amides is 2. The van der Waals surface area contributed by atoms with Crippen LogP contribution >= 0.6 is 11.6 Å². The predicted molar refractivity (Wildman–Crippen MR) is 113 cm³/mol. The quantitative estimate of drug-likeness (QED) is 0.615. The highest BCUT2D eigenvalue weighted by molar-refractivity contribution is 6.23. The first kappa shape index (κ1) is 21.5. The molecule has 1 heterocycles. The monoisotopic (exact) mass is 448 g/mol. The lowest BCUT2D eigenvalue weighted by atomic mass is 9.85. The molecule has 2 aliphatic carbocycles. The first-order valence-electron chi connectivity index (χ1n) is 10.3. The van der Waals surface area contributed by atoms with Crippen LogP contribution in [0.25, 0.3) is 10.9 Å². The van der Waals surface area contributed by atoms with Gasteiger partial charge in [0.25, 0.3) is 5.91 Å². The van der Waals surface area contributed by atoms with E-state index < -0.39 is 17.1 Å². The van der Waals surface area contributed by atoms with Crippen molar-refractivity contribution in [3.8, 4) is 0 Å². The number of aromatic amines is 1. The lowest BCUT2D eigenvalue weighted by Gasteiger charge is -2.30. The van der Waals surface area contributed by atoms with Crippen molar-refractivity contribution >= 4 is 34.3 Å². The second kappa shape index (κ2) is 8.78. The number of benzene rings is 1. The molecule has 3 N–H and O–H groups in total. The largest absolute Gasteiger partial charge is 0.348 e. The van der Waals surface area contributed by atoms with Crippen molar-refractivity contribution in [3.05, 3.63) is 53.4 Å². The molecule has 2 unspecified atom stereocenters. The first-order chi connectivity index (χ1) is 14.8. The zero-order valence-electron chi connectivity index (χ0n) is 16.9. The van der Waals surface area contributed by atoms with Gasteiger partial charge in [0.2, 0.25) is 5.91 Å². The number of hydrogen-bond donors (Lipinski definition) is 3. The molecular weight excluding hydrogens is 426 g/mol. The normalized spacial score (nSPS) is 26.2. The minimum absolute atomic E-state index is 0.0939. The highest BCUT2D eigenvalue weighted by Crippen LogP contribution is 2.31. The molecule has 2 amide bonds. The van der Waals surface area contributed by atoms with E-state index in [2.05, 4.69) is 20.8 Å². The minimum atomic E-state index is -0.613. The Labute approximate surface area is 183 Å². The van der Waals surface area contributed by atoms with Crippen molar-refractivity contribution in [2.24, 2.45) is 11.8 Å². The average Bonchev–Trinajstić information content (AvgIpc) is 3.17. The van der Waals surface area contributed by atoms with Crippen LogP contribution in [0, 0.1) is 17.7 Å². The van der Waals surface area contributed by atoms with E-state index in [1.54, 1.807) is 6.92 Å². The van der Waals surface area contributed by atoms with Crippen LogP contribution < -0.4 is 10.6 Å². The van der Waals surface area contributed by atoms with Crippen LogP contribution in [0.3, 0.4) is 0 Å². The van der Waals surface area contributed by atoms with Gasteiger partial charge in [-0.3, -0.25) is 14.7 Å². The fraction of sp³-hybridized carbons (Fsp3) is 0.409. The standard InChI is InChI=1S/C22H23ClF2N4O2/c1-11-16(25)7-9-18(19(11)23)27-21(30)12-2-5-14(6-3-12)26-22(31)20-15-10-13(24)4-8-17(15)28-29-20/h4,7-12,14,19H,2-3,5-6H2,1H3,(H,26,31)(H,27,30)(H,28,29). The number of hydrogen-bond acceptors (Lipinski definition) is 3. The molecule has 0 saturated heterocycles. The molecule has 1 saturated carbocycles. The zero-order chi connectivity index (χ0) is 22.1. The molecule has 1 aromatic heterocycles. The van der Waals surface area contributed by atoms with Crippen LogP contribution in [-0.4, -0.2) is 33.4 Å². The summed E-state index contributed by atoms with van der Waals surface area (Å²) in [4.78, 5) is 25.2. The average molecular weight is 449 g/mol. The summed E-state index contributed by atoms with van der Waals surface area (Å²) in [6.07, 6.45) is 5.31. The Morgan fingerprint density at radius 2 is 1.90 bits per heavy atom. The summed E-state index contributed by atoms with van der Waals surface area (Å²) in [6.45, 7) is 1.67. The topological polar surface area (TPSA) is 86.9 Å². The van der Waals surface area contributed by atoms with Crippen molar-refractivity contribution in [1.82, 2.24) is 20.8 Å². The molecule has 6 nitrogen and oxygen atoms in total. The van der Waals surface area contributed by atoms with Crippen LogP contribution in [0.2, 0.25) is 0 Å². The highest BCUT2D eigenvalue weighted by Gasteiger charge is 2.31. The van der Waals surface area contributed by atoms with Gasteiger partial charge in [-0.05, 0) is 56.0 Å². The van der Waals surface area contributed by atoms with Crippen molar-refractivity contribution in [3.63, 3.8) is 0 Å². The summed E-state index contributed by atoms with van der Waals surface area (Å²) in [5.41, 5.74) is 1.25. The Hall–Kier alpha value is -2.74. The van der Waals surface area contributed by atoms with E-state index in [1.165, 1.54) is 30.4 Å². The minimum Gasteiger partial charge on any atom is -0.348 e. The molecule has 1 aromatic carbocycles. The van der Waals surface area contributed by atoms with Gasteiger partial charge in [-0.25, -0.2) is 8.78 Å². The van der Waals surface area contributed by atoms with Crippen molar-refractivity contribution in [2.75, 3.05) is 0 Å². The molecule has 1 fully saturated rings. The van der Waals surface area contributed by atoms with Crippen molar-refractivity contribution < 1.29 is 18.4 Å². The lowest BCUT2D eigenvalue weighted by Crippen LogP contribution is -2.42. The highest BCUT2D eigenvalue weighted by atomic mass is 35.5. The lowest BCUT2D eigenvalue weighted by molar-refractivity contribution is -0.125. The number of nitrogens with one attached hydrogen (secondary N) is 3. The number of alkyl halides is 1. The van der Waals surface area contributed by atoms with Crippen molar-refractivity contribution in [2.45, 2.75) is 44.0 Å². The Morgan fingerprint density at radius 1 is 1.16 bits per heavy atom. The molecule has 4 rings (SSSR count). The van der Waals surface area contributed by atoms with E-state index >= 15 is 0 Å². The number of carbonyl (C=O) groups is 2. The van der Waals surface area contributed by atoms with Crippen LogP contribution in [0.1, 0.15) is 43.1 Å². The van der Waals surface area contributed by atoms with Gasteiger partial charge in [0, 0.05) is 29.0 Å². The maximum Gasteiger partial charge on any atom is 0.272 e. The SMILES string of the molecule is CC1C(F)=CC=C(NC(=O)C2CCC(NC(=O)c3n[nH]c4ccc(F)cc34)CC2)C1Cl. The Bertz CT molecular complexity index is 1070. The van der Waals surface area contributed by atoms with Gasteiger partial charge in [0.05, 0.1) is 10.9 Å². The van der Waals surface area contributed by atoms with E-state index in [9.17, 15) is 18.4 Å². The van der Waals surface area contributed by atoms with Crippen LogP contribution in [-0.2, 0) is 4.79 Å². The van der Waals surface area contributed by atoms with E-state index in [4.69, 9.17) is 11.6 Å². The van der Waals surface area contributed by atoms with Crippen LogP contribution in [0.4, 0.5) is 8.78 Å². The van der Waals surface area contributed by atoms with Gasteiger partial charge in [0.15, 0.2) is 5.69 Å². The third-order valence-electron chi connectivity index (χ3n) is 6.03. The van der Waals surface area contributed by atoms with Gasteiger partial charge in [0.1, 0.15) is 11.6 Å². The molecule has 2 atom stereocenters. The number of carbonyl (C=O) groups excluding carboxylic acids is 2. The molecule has 2 aliphatic rings. The zero-order valence-corrected chi connectivity index (χ0v) is 17.7. The molecular formula is C22H23ClF2N4O2. The van der Waals surface area contributed by atoms with Crippen molar-refractivity contribution in [1.29, 1.82) is 0 Å². The maximum atomic E-state index is 13.6. The molecule has 2 aromatic rings. The van der Waals surface area contributed by atoms with Crippen LogP contribution in [0.5, 0.6) is 0 Å². The first-order valence-corrected chi connectivity index (χ1v) is 10.7. The van der Waals surface area contributed by atoms with Gasteiger partial charge >= 0.3 is 0 Å². The van der Waals surface area contributed by atoms with Gasteiger partial charge < -0.3 is 10.6 Å². The number of nitrogens with zero attached hydrogens (tertiary/aromatic N) is 1. The number of fused-ring (bicyclic) bond motifs is 1. The summed E-state index contributed by atoms with van der Waals surface area (Å²) < 4.78 is 27.1. The van der Waals surface area contributed by atoms with Gasteiger partial charge in [-0.1, -0.05) is 6.92 Å². The summed E-state index contributed by atoms with van der Waals surface area (Å²) in [5, 5.41) is 12.3. The molecule has 31 heavy (non-hydrogen) atoms. The fourth-order valence-corrected chi connectivity index (χ4v) is 4.34. The molecule has 0 spiro atoms. The number of rotatable bonds is 4. The summed E-state index contributed by atoms with van der Waals surface area (Å²) >= 11 is 6.25. The Balaban J connectivity index is 1.32. The Morgan fingerprint density at radius 3 is 2.65 bits per heavy atom. The number of aromatic nitrogens is 2. The maximum absolute atomic E-state index is 13.6. The predicted octanol–water partition coefficient (Wildman–Crippen LogP) is 4.10. The molecule has 164 valence electrons. The number of halogens is 3. The van der Waals surface area contributed by atoms with Crippen LogP contribution in [0.15, 0.2) is 41.9 Å². The second-order valence-electron chi connectivity index (χ2n) is 8.14. The third-order valence-corrected chi connectivity index (χ3v) is 6.65. The molecule has 9 heteroatoms. The Kier molecular flexibility index (Phi) is 6.09. The third kappa shape index (κ3) is 4.49. The van der Waals surface area contributed by atoms with E-state index in [1.807, 2.05) is 0 Å². The summed E-state index contributed by atoms with van der Waals surface area (Å²) in [6, 6.07) is 4.03. The van der Waals surface area contributed by atoms with E-state index in [0.29, 0.717) is 42.3 Å². The summed E-state index contributed by atoms with van der Waals surface area (Å²) in [7, 11) is 0. The number of allylic oxidation sites excluding steroid dienone is 4. The fourth-order valence-electron chi connectivity index (χ4n) is 4.09.